The van der Waals surface area contributed by atoms with Gasteiger partial charge in [-0.1, -0.05) is 30.3 Å². The van der Waals surface area contributed by atoms with E-state index in [2.05, 4.69) is 26.6 Å². The lowest BCUT2D eigenvalue weighted by molar-refractivity contribution is -0.123. The van der Waals surface area contributed by atoms with Crippen LogP contribution >= 0.6 is 27.3 Å². The van der Waals surface area contributed by atoms with Crippen molar-refractivity contribution in [3.8, 4) is 0 Å². The van der Waals surface area contributed by atoms with E-state index in [1.165, 1.54) is 0 Å². The van der Waals surface area contributed by atoms with Crippen molar-refractivity contribution >= 4 is 39.3 Å². The molecule has 0 aliphatic rings. The summed E-state index contributed by atoms with van der Waals surface area (Å²) in [5, 5.41) is 5.57. The summed E-state index contributed by atoms with van der Waals surface area (Å²) in [4.78, 5) is 25.8. The maximum Gasteiger partial charge on any atom is 0.408 e. The minimum atomic E-state index is -0.712. The van der Waals surface area contributed by atoms with Crippen molar-refractivity contribution in [2.75, 3.05) is 0 Å². The summed E-state index contributed by atoms with van der Waals surface area (Å²) in [5.74, 6) is -0.246. The molecule has 2 aromatic rings. The van der Waals surface area contributed by atoms with Gasteiger partial charge in [0.25, 0.3) is 0 Å². The third-order valence-corrected chi connectivity index (χ3v) is 4.98. The molecule has 0 radical (unpaired) electrons. The molecule has 5 nitrogen and oxygen atoms in total. The first-order valence-corrected chi connectivity index (χ1v) is 9.89. The number of benzene rings is 1. The highest BCUT2D eigenvalue weighted by atomic mass is 79.9. The van der Waals surface area contributed by atoms with E-state index in [0.717, 1.165) is 14.2 Å². The SMILES string of the molecule is CC(C)(C)OC(=O)NC(Cc1ccccc1)C(=O)NCc1ccc(Br)s1. The number of ether oxygens (including phenoxy) is 1. The molecule has 1 atom stereocenters. The van der Waals surface area contributed by atoms with Crippen LogP contribution in [0.15, 0.2) is 46.3 Å². The predicted octanol–water partition coefficient (Wildman–Crippen LogP) is 4.26. The Morgan fingerprint density at radius 3 is 2.42 bits per heavy atom. The molecule has 2 amide bonds. The first-order chi connectivity index (χ1) is 12.2. The molecule has 0 aliphatic heterocycles. The molecule has 2 N–H and O–H groups in total. The van der Waals surface area contributed by atoms with Gasteiger partial charge in [-0.05, 0) is 54.4 Å². The van der Waals surface area contributed by atoms with Crippen molar-refractivity contribution in [1.29, 1.82) is 0 Å². The highest BCUT2D eigenvalue weighted by Crippen LogP contribution is 2.21. The van der Waals surface area contributed by atoms with E-state index in [4.69, 9.17) is 4.74 Å². The molecule has 1 heterocycles. The Kier molecular flexibility index (Phi) is 7.23. The van der Waals surface area contributed by atoms with Crippen LogP contribution in [0.2, 0.25) is 0 Å². The topological polar surface area (TPSA) is 67.4 Å². The number of alkyl carbamates (subject to hydrolysis) is 1. The Balaban J connectivity index is 2.03. The van der Waals surface area contributed by atoms with E-state index in [1.54, 1.807) is 32.1 Å². The van der Waals surface area contributed by atoms with Gasteiger partial charge in [-0.15, -0.1) is 11.3 Å². The zero-order chi connectivity index (χ0) is 19.2. The summed E-state index contributed by atoms with van der Waals surface area (Å²) in [7, 11) is 0. The van der Waals surface area contributed by atoms with Crippen molar-refractivity contribution in [2.45, 2.75) is 45.4 Å². The van der Waals surface area contributed by atoms with Gasteiger partial charge in [0.1, 0.15) is 11.6 Å². The summed E-state index contributed by atoms with van der Waals surface area (Å²) in [5.41, 5.74) is 0.337. The van der Waals surface area contributed by atoms with Crippen LogP contribution in [0.1, 0.15) is 31.2 Å². The van der Waals surface area contributed by atoms with E-state index in [-0.39, 0.29) is 5.91 Å². The van der Waals surface area contributed by atoms with Crippen LogP contribution < -0.4 is 10.6 Å². The number of halogens is 1. The van der Waals surface area contributed by atoms with Crippen LogP contribution in [-0.4, -0.2) is 23.6 Å². The van der Waals surface area contributed by atoms with E-state index >= 15 is 0 Å². The molecule has 0 aliphatic carbocycles. The second-order valence-corrected chi connectivity index (χ2v) is 9.36. The molecule has 26 heavy (non-hydrogen) atoms. The molecule has 140 valence electrons. The van der Waals surface area contributed by atoms with Gasteiger partial charge in [-0.2, -0.15) is 0 Å². The predicted molar refractivity (Wildman–Crippen MR) is 107 cm³/mol. The number of hydrogen-bond acceptors (Lipinski definition) is 4. The lowest BCUT2D eigenvalue weighted by atomic mass is 10.1. The van der Waals surface area contributed by atoms with Crippen LogP contribution in [0.5, 0.6) is 0 Å². The summed E-state index contributed by atoms with van der Waals surface area (Å²) in [6.45, 7) is 5.77. The Morgan fingerprint density at radius 2 is 1.85 bits per heavy atom. The van der Waals surface area contributed by atoms with Gasteiger partial charge in [-0.25, -0.2) is 4.79 Å². The molecule has 0 spiro atoms. The number of carbonyl (C=O) groups excluding carboxylic acids is 2. The zero-order valence-corrected chi connectivity index (χ0v) is 17.4. The molecule has 2 rings (SSSR count). The molecule has 0 saturated carbocycles. The highest BCUT2D eigenvalue weighted by molar-refractivity contribution is 9.11. The molecule has 1 unspecified atom stereocenters. The Morgan fingerprint density at radius 1 is 1.15 bits per heavy atom. The second kappa shape index (κ2) is 9.19. The fourth-order valence-electron chi connectivity index (χ4n) is 2.25. The molecule has 0 bridgehead atoms. The van der Waals surface area contributed by atoms with Crippen molar-refractivity contribution in [1.82, 2.24) is 10.6 Å². The molecule has 0 saturated heterocycles. The van der Waals surface area contributed by atoms with Crippen LogP contribution in [-0.2, 0) is 22.5 Å². The minimum Gasteiger partial charge on any atom is -0.444 e. The second-order valence-electron chi connectivity index (χ2n) is 6.81. The number of rotatable bonds is 6. The lowest BCUT2D eigenvalue weighted by Crippen LogP contribution is -2.49. The Hall–Kier alpha value is -1.86. The largest absolute Gasteiger partial charge is 0.444 e. The molecule has 0 fully saturated rings. The third-order valence-electron chi connectivity index (χ3n) is 3.36. The van der Waals surface area contributed by atoms with Gasteiger partial charge in [0.05, 0.1) is 10.3 Å². The summed E-state index contributed by atoms with van der Waals surface area (Å²) in [6, 6.07) is 12.7. The molecular weight excluding hydrogens is 416 g/mol. The van der Waals surface area contributed by atoms with Gasteiger partial charge in [0, 0.05) is 11.3 Å². The summed E-state index contributed by atoms with van der Waals surface area (Å²) >= 11 is 4.96. The quantitative estimate of drug-likeness (QED) is 0.707. The highest BCUT2D eigenvalue weighted by Gasteiger charge is 2.24. The van der Waals surface area contributed by atoms with Crippen molar-refractivity contribution < 1.29 is 14.3 Å². The molecule has 7 heteroatoms. The fourth-order valence-corrected chi connectivity index (χ4v) is 3.68. The minimum absolute atomic E-state index is 0.246. The number of nitrogens with one attached hydrogen (secondary N) is 2. The van der Waals surface area contributed by atoms with Gasteiger partial charge in [0.15, 0.2) is 0 Å². The first-order valence-electron chi connectivity index (χ1n) is 8.28. The fraction of sp³-hybridized carbons (Fsp3) is 0.368. The number of thiophene rings is 1. The van der Waals surface area contributed by atoms with Gasteiger partial charge in [-0.3, -0.25) is 4.79 Å². The average molecular weight is 439 g/mol. The van der Waals surface area contributed by atoms with Crippen LogP contribution in [0, 0.1) is 0 Å². The summed E-state index contributed by atoms with van der Waals surface area (Å²) in [6.07, 6.45) is -0.215. The molecular formula is C19H23BrN2O3S. The smallest absolute Gasteiger partial charge is 0.408 e. The third kappa shape index (κ3) is 7.17. The standard InChI is InChI=1S/C19H23BrN2O3S/c1-19(2,3)25-18(24)22-15(11-13-7-5-4-6-8-13)17(23)21-12-14-9-10-16(20)26-14/h4-10,15H,11-12H2,1-3H3,(H,21,23)(H,22,24). The Bertz CT molecular complexity index is 741. The first kappa shape index (κ1) is 20.5. The molecule has 1 aromatic heterocycles. The number of carbonyl (C=O) groups is 2. The van der Waals surface area contributed by atoms with E-state index < -0.39 is 17.7 Å². The maximum absolute atomic E-state index is 12.6. The van der Waals surface area contributed by atoms with Crippen LogP contribution in [0.3, 0.4) is 0 Å². The lowest BCUT2D eigenvalue weighted by Gasteiger charge is -2.23. The van der Waals surface area contributed by atoms with Crippen LogP contribution in [0.4, 0.5) is 4.79 Å². The normalized spacial score (nSPS) is 12.3. The van der Waals surface area contributed by atoms with Gasteiger partial charge < -0.3 is 15.4 Å². The average Bonchev–Trinajstić information content (AvgIpc) is 2.96. The van der Waals surface area contributed by atoms with Crippen LogP contribution in [0.25, 0.3) is 0 Å². The van der Waals surface area contributed by atoms with Gasteiger partial charge >= 0.3 is 6.09 Å². The van der Waals surface area contributed by atoms with E-state index in [1.807, 2.05) is 42.5 Å². The van der Waals surface area contributed by atoms with Crippen molar-refractivity contribution in [2.24, 2.45) is 0 Å². The van der Waals surface area contributed by atoms with Gasteiger partial charge in [0.2, 0.25) is 5.91 Å². The van der Waals surface area contributed by atoms with E-state index in [9.17, 15) is 9.59 Å². The van der Waals surface area contributed by atoms with E-state index in [0.29, 0.717) is 13.0 Å². The van der Waals surface area contributed by atoms with Crippen molar-refractivity contribution in [3.63, 3.8) is 0 Å². The number of hydrogen-bond donors (Lipinski definition) is 2. The monoisotopic (exact) mass is 438 g/mol. The maximum atomic E-state index is 12.6. The van der Waals surface area contributed by atoms with Crippen molar-refractivity contribution in [3.05, 3.63) is 56.7 Å². The number of amides is 2. The Labute approximate surface area is 166 Å². The molecule has 1 aromatic carbocycles. The zero-order valence-electron chi connectivity index (χ0n) is 15.0. The summed E-state index contributed by atoms with van der Waals surface area (Å²) < 4.78 is 6.30.